The maximum atomic E-state index is 13.6. The molecule has 9 heteroatoms. The molecule has 0 aliphatic heterocycles. The molecule has 0 spiro atoms. The van der Waals surface area contributed by atoms with Crippen LogP contribution in [-0.2, 0) is 10.0 Å². The monoisotopic (exact) mass is 327 g/mol. The smallest absolute Gasteiger partial charge is 0.316 e. The van der Waals surface area contributed by atoms with Gasteiger partial charge in [0, 0.05) is 0 Å². The van der Waals surface area contributed by atoms with Gasteiger partial charge in [0.25, 0.3) is 10.0 Å². The molecule has 0 unspecified atom stereocenters. The van der Waals surface area contributed by atoms with Gasteiger partial charge < -0.3 is 9.47 Å². The second-order valence-corrected chi connectivity index (χ2v) is 5.77. The molecule has 0 bridgehead atoms. The topological polar surface area (TPSA) is 90.4 Å². The minimum Gasteiger partial charge on any atom is -0.494 e. The lowest BCUT2D eigenvalue weighted by atomic mass is 10.3. The van der Waals surface area contributed by atoms with Crippen LogP contribution < -0.4 is 14.2 Å². The first-order chi connectivity index (χ1) is 10.5. The number of benzene rings is 1. The molecule has 0 aliphatic carbocycles. The SMILES string of the molecule is CCOc1ncc(NS(=O)(=O)c2ccc(OC)c(F)c2)cn1. The summed E-state index contributed by atoms with van der Waals surface area (Å²) in [6, 6.07) is 3.48. The van der Waals surface area contributed by atoms with E-state index in [-0.39, 0.29) is 22.3 Å². The molecular formula is C13H14FN3O4S. The van der Waals surface area contributed by atoms with E-state index in [1.54, 1.807) is 6.92 Å². The van der Waals surface area contributed by atoms with Crippen molar-refractivity contribution in [3.8, 4) is 11.8 Å². The van der Waals surface area contributed by atoms with Crippen LogP contribution in [0.5, 0.6) is 11.8 Å². The van der Waals surface area contributed by atoms with Crippen molar-refractivity contribution in [2.24, 2.45) is 0 Å². The number of hydrogen-bond acceptors (Lipinski definition) is 6. The van der Waals surface area contributed by atoms with E-state index >= 15 is 0 Å². The molecule has 1 heterocycles. The Morgan fingerprint density at radius 3 is 2.50 bits per heavy atom. The first kappa shape index (κ1) is 16.0. The summed E-state index contributed by atoms with van der Waals surface area (Å²) in [5, 5.41) is 0. The van der Waals surface area contributed by atoms with Gasteiger partial charge in [-0.2, -0.15) is 0 Å². The van der Waals surface area contributed by atoms with Crippen LogP contribution in [0.3, 0.4) is 0 Å². The summed E-state index contributed by atoms with van der Waals surface area (Å²) < 4.78 is 50.0. The lowest BCUT2D eigenvalue weighted by molar-refractivity contribution is 0.312. The summed E-state index contributed by atoms with van der Waals surface area (Å²) in [6.07, 6.45) is 2.52. The van der Waals surface area contributed by atoms with Gasteiger partial charge in [0.1, 0.15) is 0 Å². The van der Waals surface area contributed by atoms with Crippen LogP contribution in [-0.4, -0.2) is 32.1 Å². The minimum atomic E-state index is -3.95. The third-order valence-corrected chi connectivity index (χ3v) is 3.97. The number of anilines is 1. The van der Waals surface area contributed by atoms with Crippen molar-refractivity contribution in [1.29, 1.82) is 0 Å². The van der Waals surface area contributed by atoms with Gasteiger partial charge in [-0.3, -0.25) is 4.72 Å². The van der Waals surface area contributed by atoms with Gasteiger partial charge in [0.2, 0.25) is 0 Å². The van der Waals surface area contributed by atoms with Crippen molar-refractivity contribution in [3.63, 3.8) is 0 Å². The van der Waals surface area contributed by atoms with E-state index in [9.17, 15) is 12.8 Å². The second kappa shape index (κ2) is 6.56. The molecule has 118 valence electrons. The zero-order valence-electron chi connectivity index (χ0n) is 11.9. The van der Waals surface area contributed by atoms with Crippen molar-refractivity contribution in [2.75, 3.05) is 18.4 Å². The van der Waals surface area contributed by atoms with E-state index in [1.165, 1.54) is 31.6 Å². The quantitative estimate of drug-likeness (QED) is 0.870. The normalized spacial score (nSPS) is 11.0. The van der Waals surface area contributed by atoms with E-state index < -0.39 is 15.8 Å². The molecule has 1 aromatic carbocycles. The summed E-state index contributed by atoms with van der Waals surface area (Å²) in [6.45, 7) is 2.18. The molecular weight excluding hydrogens is 313 g/mol. The number of rotatable bonds is 6. The first-order valence-electron chi connectivity index (χ1n) is 6.27. The lowest BCUT2D eigenvalue weighted by Crippen LogP contribution is -2.14. The van der Waals surface area contributed by atoms with Crippen LogP contribution in [0.4, 0.5) is 10.1 Å². The molecule has 1 N–H and O–H groups in total. The molecule has 7 nitrogen and oxygen atoms in total. The van der Waals surface area contributed by atoms with E-state index in [1.807, 2.05) is 0 Å². The van der Waals surface area contributed by atoms with Crippen molar-refractivity contribution < 1.29 is 22.3 Å². The number of aromatic nitrogens is 2. The van der Waals surface area contributed by atoms with E-state index in [4.69, 9.17) is 9.47 Å². The highest BCUT2D eigenvalue weighted by atomic mass is 32.2. The highest BCUT2D eigenvalue weighted by Crippen LogP contribution is 2.22. The maximum absolute atomic E-state index is 13.6. The van der Waals surface area contributed by atoms with Gasteiger partial charge in [-0.15, -0.1) is 0 Å². The Hall–Kier alpha value is -2.42. The number of nitrogens with zero attached hydrogens (tertiary/aromatic N) is 2. The third kappa shape index (κ3) is 3.61. The Kier molecular flexibility index (Phi) is 4.76. The largest absolute Gasteiger partial charge is 0.494 e. The van der Waals surface area contributed by atoms with E-state index in [0.717, 1.165) is 6.07 Å². The Bertz CT molecular complexity index is 750. The van der Waals surface area contributed by atoms with Crippen LogP contribution in [0, 0.1) is 5.82 Å². The number of ether oxygens (including phenoxy) is 2. The van der Waals surface area contributed by atoms with Gasteiger partial charge in [-0.1, -0.05) is 0 Å². The standard InChI is InChI=1S/C13H14FN3O4S/c1-3-21-13-15-7-9(8-16-13)17-22(18,19)10-4-5-12(20-2)11(14)6-10/h4-8,17H,3H2,1-2H3. The zero-order valence-corrected chi connectivity index (χ0v) is 12.7. The number of methoxy groups -OCH3 is 1. The summed E-state index contributed by atoms with van der Waals surface area (Å²) in [7, 11) is -2.66. The predicted octanol–water partition coefficient (Wildman–Crippen LogP) is 1.82. The molecule has 2 rings (SSSR count). The molecule has 22 heavy (non-hydrogen) atoms. The number of sulfonamides is 1. The number of hydrogen-bond donors (Lipinski definition) is 1. The summed E-state index contributed by atoms with van der Waals surface area (Å²) in [5.41, 5.74) is 0.139. The zero-order chi connectivity index (χ0) is 16.2. The van der Waals surface area contributed by atoms with Crippen LogP contribution in [0.2, 0.25) is 0 Å². The van der Waals surface area contributed by atoms with Crippen molar-refractivity contribution in [3.05, 3.63) is 36.4 Å². The number of nitrogens with one attached hydrogen (secondary N) is 1. The maximum Gasteiger partial charge on any atom is 0.316 e. The average Bonchev–Trinajstić information content (AvgIpc) is 2.49. The molecule has 0 amide bonds. The molecule has 0 atom stereocenters. The molecule has 2 aromatic rings. The minimum absolute atomic E-state index is 0.0386. The van der Waals surface area contributed by atoms with Crippen molar-refractivity contribution >= 4 is 15.7 Å². The van der Waals surface area contributed by atoms with E-state index in [2.05, 4.69) is 14.7 Å². The van der Waals surface area contributed by atoms with Crippen LogP contribution in [0.15, 0.2) is 35.5 Å². The lowest BCUT2D eigenvalue weighted by Gasteiger charge is -2.09. The Labute approximate surface area is 127 Å². The first-order valence-corrected chi connectivity index (χ1v) is 7.76. The second-order valence-electron chi connectivity index (χ2n) is 4.09. The van der Waals surface area contributed by atoms with Crippen molar-refractivity contribution in [2.45, 2.75) is 11.8 Å². The fraction of sp³-hybridized carbons (Fsp3) is 0.231. The van der Waals surface area contributed by atoms with Crippen LogP contribution in [0.25, 0.3) is 0 Å². The fourth-order valence-corrected chi connectivity index (χ4v) is 2.64. The summed E-state index contributed by atoms with van der Waals surface area (Å²) in [5.74, 6) is -0.809. The highest BCUT2D eigenvalue weighted by Gasteiger charge is 2.17. The van der Waals surface area contributed by atoms with Gasteiger partial charge in [-0.05, 0) is 25.1 Å². The Balaban J connectivity index is 2.21. The third-order valence-electron chi connectivity index (χ3n) is 2.59. The number of halogens is 1. The highest BCUT2D eigenvalue weighted by molar-refractivity contribution is 7.92. The van der Waals surface area contributed by atoms with Crippen LogP contribution >= 0.6 is 0 Å². The molecule has 1 aromatic heterocycles. The van der Waals surface area contributed by atoms with Gasteiger partial charge in [0.05, 0.1) is 36.7 Å². The Morgan fingerprint density at radius 1 is 1.27 bits per heavy atom. The fourth-order valence-electron chi connectivity index (χ4n) is 1.60. The van der Waals surface area contributed by atoms with Crippen LogP contribution in [0.1, 0.15) is 6.92 Å². The van der Waals surface area contributed by atoms with Gasteiger partial charge in [-0.25, -0.2) is 22.8 Å². The van der Waals surface area contributed by atoms with Crippen molar-refractivity contribution in [1.82, 2.24) is 9.97 Å². The summed E-state index contributed by atoms with van der Waals surface area (Å²) in [4.78, 5) is 7.44. The average molecular weight is 327 g/mol. The Morgan fingerprint density at radius 2 is 1.95 bits per heavy atom. The molecule has 0 saturated heterocycles. The molecule has 0 aliphatic rings. The molecule has 0 fully saturated rings. The molecule has 0 radical (unpaired) electrons. The van der Waals surface area contributed by atoms with E-state index in [0.29, 0.717) is 6.61 Å². The predicted molar refractivity (Wildman–Crippen MR) is 77.0 cm³/mol. The molecule has 0 saturated carbocycles. The van der Waals surface area contributed by atoms with Gasteiger partial charge in [0.15, 0.2) is 11.6 Å². The summed E-state index contributed by atoms with van der Waals surface area (Å²) >= 11 is 0. The van der Waals surface area contributed by atoms with Gasteiger partial charge >= 0.3 is 6.01 Å².